The zero-order chi connectivity index (χ0) is 10.0. The second kappa shape index (κ2) is 4.17. The third-order valence-corrected chi connectivity index (χ3v) is 3.04. The van der Waals surface area contributed by atoms with Crippen LogP contribution < -0.4 is 3.11 Å². The minimum absolute atomic E-state index is 0.391. The third-order valence-electron chi connectivity index (χ3n) is 1.49. The summed E-state index contributed by atoms with van der Waals surface area (Å²) in [7, 11) is 0. The van der Waals surface area contributed by atoms with Crippen molar-refractivity contribution in [2.45, 2.75) is 33.7 Å². The quantitative estimate of drug-likeness (QED) is 0.618. The minimum atomic E-state index is 0.391. The molecule has 0 atom stereocenters. The van der Waals surface area contributed by atoms with Crippen LogP contribution in [0.1, 0.15) is 25.5 Å². The molecule has 0 fully saturated rings. The maximum atomic E-state index is 4.25. The topological polar surface area (TPSA) is 41.9 Å². The molecule has 0 amide bonds. The Hall–Kier alpha value is -0.460. The Labute approximate surface area is 92.3 Å². The second-order valence-corrected chi connectivity index (χ2v) is 4.17. The summed E-state index contributed by atoms with van der Waals surface area (Å²) in [5.41, 5.74) is 0. The molecule has 72 valence electrons. The number of rotatable bonds is 2. The van der Waals surface area contributed by atoms with Crippen LogP contribution in [0.5, 0.6) is 0 Å². The summed E-state index contributed by atoms with van der Waals surface area (Å²) in [4.78, 5) is 12.6. The number of hydrogen-bond donors (Lipinski definition) is 0. The number of aromatic nitrogens is 3. The molecule has 1 heterocycles. The predicted octanol–water partition coefficient (Wildman–Crippen LogP) is 2.05. The van der Waals surface area contributed by atoms with Gasteiger partial charge in [0.1, 0.15) is 11.6 Å². The summed E-state index contributed by atoms with van der Waals surface area (Å²) in [5.74, 6) is 2.27. The van der Waals surface area contributed by atoms with E-state index in [9.17, 15) is 0 Å². The first kappa shape index (κ1) is 10.6. The molecule has 13 heavy (non-hydrogen) atoms. The summed E-state index contributed by atoms with van der Waals surface area (Å²) in [5, 5.41) is 0. The summed E-state index contributed by atoms with van der Waals surface area (Å²) < 4.78 is 2.00. The zero-order valence-corrected chi connectivity index (χ0v) is 10.4. The van der Waals surface area contributed by atoms with E-state index < -0.39 is 0 Å². The van der Waals surface area contributed by atoms with E-state index in [4.69, 9.17) is 0 Å². The number of aryl methyl sites for hydroxylation is 2. The first-order chi connectivity index (χ1) is 6.00. The molecule has 0 spiro atoms. The molecule has 0 unspecified atom stereocenters. The van der Waals surface area contributed by atoms with Crippen molar-refractivity contribution in [1.82, 2.24) is 15.0 Å². The van der Waals surface area contributed by atoms with E-state index in [1.54, 1.807) is 0 Å². The second-order valence-electron chi connectivity index (χ2n) is 3.13. The number of nitrogens with zero attached hydrogens (tertiary/aromatic N) is 4. The first-order valence-corrected chi connectivity index (χ1v) is 5.11. The highest BCUT2D eigenvalue weighted by atomic mass is 127. The summed E-state index contributed by atoms with van der Waals surface area (Å²) in [6, 6.07) is 0.391. The van der Waals surface area contributed by atoms with Crippen molar-refractivity contribution in [3.63, 3.8) is 0 Å². The fourth-order valence-electron chi connectivity index (χ4n) is 0.925. The van der Waals surface area contributed by atoms with Crippen LogP contribution >= 0.6 is 22.9 Å². The van der Waals surface area contributed by atoms with Gasteiger partial charge in [-0.1, -0.05) is 0 Å². The number of anilines is 1. The zero-order valence-electron chi connectivity index (χ0n) is 8.24. The molecule has 0 saturated carbocycles. The molecule has 1 rings (SSSR count). The van der Waals surface area contributed by atoms with Crippen LogP contribution in [0.25, 0.3) is 0 Å². The Balaban J connectivity index is 3.01. The van der Waals surface area contributed by atoms with E-state index in [0.29, 0.717) is 6.04 Å². The Kier molecular flexibility index (Phi) is 3.40. The summed E-state index contributed by atoms with van der Waals surface area (Å²) >= 11 is 2.21. The van der Waals surface area contributed by atoms with Gasteiger partial charge in [-0.15, -0.1) is 0 Å². The lowest BCUT2D eigenvalue weighted by Crippen LogP contribution is -2.22. The molecular formula is C8H13IN4. The monoisotopic (exact) mass is 292 g/mol. The van der Waals surface area contributed by atoms with Gasteiger partial charge in [-0.05, 0) is 27.7 Å². The molecule has 0 radical (unpaired) electrons. The number of hydrogen-bond acceptors (Lipinski definition) is 4. The van der Waals surface area contributed by atoms with E-state index in [1.807, 2.05) is 17.0 Å². The molecular weight excluding hydrogens is 279 g/mol. The maximum Gasteiger partial charge on any atom is 0.238 e. The highest BCUT2D eigenvalue weighted by molar-refractivity contribution is 14.1. The fourth-order valence-corrected chi connectivity index (χ4v) is 1.14. The van der Waals surface area contributed by atoms with E-state index in [-0.39, 0.29) is 0 Å². The molecule has 5 heteroatoms. The van der Waals surface area contributed by atoms with Gasteiger partial charge in [0.2, 0.25) is 5.95 Å². The molecule has 1 aromatic heterocycles. The van der Waals surface area contributed by atoms with E-state index in [0.717, 1.165) is 17.6 Å². The van der Waals surface area contributed by atoms with Gasteiger partial charge in [0.25, 0.3) is 0 Å². The van der Waals surface area contributed by atoms with Crippen LogP contribution in [-0.4, -0.2) is 21.0 Å². The lowest BCUT2D eigenvalue weighted by Gasteiger charge is -2.18. The van der Waals surface area contributed by atoms with Crippen molar-refractivity contribution in [1.29, 1.82) is 0 Å². The van der Waals surface area contributed by atoms with Gasteiger partial charge in [-0.2, -0.15) is 9.97 Å². The van der Waals surface area contributed by atoms with Crippen LogP contribution in [0, 0.1) is 13.8 Å². The predicted molar refractivity (Wildman–Crippen MR) is 60.9 cm³/mol. The first-order valence-electron chi connectivity index (χ1n) is 4.15. The molecule has 0 bridgehead atoms. The maximum absolute atomic E-state index is 4.25. The number of halogens is 1. The van der Waals surface area contributed by atoms with E-state index in [2.05, 4.69) is 51.7 Å². The van der Waals surface area contributed by atoms with E-state index in [1.165, 1.54) is 0 Å². The van der Waals surface area contributed by atoms with Gasteiger partial charge >= 0.3 is 0 Å². The fraction of sp³-hybridized carbons (Fsp3) is 0.625. The Bertz CT molecular complexity index is 280. The average molecular weight is 292 g/mol. The molecule has 0 N–H and O–H groups in total. The van der Waals surface area contributed by atoms with Crippen molar-refractivity contribution in [2.24, 2.45) is 0 Å². The SMILES string of the molecule is Cc1nc(C)nc(N(I)C(C)C)n1. The Morgan fingerprint density at radius 1 is 1.08 bits per heavy atom. The van der Waals surface area contributed by atoms with Crippen molar-refractivity contribution < 1.29 is 0 Å². The van der Waals surface area contributed by atoms with Crippen molar-refractivity contribution >= 4 is 28.8 Å². The van der Waals surface area contributed by atoms with Gasteiger partial charge < -0.3 is 0 Å². The van der Waals surface area contributed by atoms with Crippen LogP contribution in [-0.2, 0) is 0 Å². The van der Waals surface area contributed by atoms with Gasteiger partial charge in [-0.25, -0.2) is 4.98 Å². The molecule has 0 aromatic carbocycles. The van der Waals surface area contributed by atoms with E-state index >= 15 is 0 Å². The van der Waals surface area contributed by atoms with Crippen LogP contribution in [0.2, 0.25) is 0 Å². The van der Waals surface area contributed by atoms with Crippen molar-refractivity contribution in [3.8, 4) is 0 Å². The average Bonchev–Trinajstić information content (AvgIpc) is 2.01. The largest absolute Gasteiger partial charge is 0.280 e. The smallest absolute Gasteiger partial charge is 0.238 e. The molecule has 0 saturated heterocycles. The van der Waals surface area contributed by atoms with Gasteiger partial charge in [0, 0.05) is 6.04 Å². The van der Waals surface area contributed by atoms with Gasteiger partial charge in [-0.3, -0.25) is 3.11 Å². The Morgan fingerprint density at radius 2 is 1.54 bits per heavy atom. The van der Waals surface area contributed by atoms with Crippen LogP contribution in [0.3, 0.4) is 0 Å². The van der Waals surface area contributed by atoms with Gasteiger partial charge in [0.05, 0.1) is 22.9 Å². The summed E-state index contributed by atoms with van der Waals surface area (Å²) in [6.45, 7) is 7.95. The van der Waals surface area contributed by atoms with Crippen molar-refractivity contribution in [3.05, 3.63) is 11.6 Å². The molecule has 0 aliphatic rings. The standard InChI is InChI=1S/C8H13IN4/c1-5(2)13(9)8-11-6(3)10-7(4)12-8/h5H,1-4H3. The highest BCUT2D eigenvalue weighted by Gasteiger charge is 2.10. The molecule has 4 nitrogen and oxygen atoms in total. The highest BCUT2D eigenvalue weighted by Crippen LogP contribution is 2.15. The summed E-state index contributed by atoms with van der Waals surface area (Å²) in [6.07, 6.45) is 0. The lowest BCUT2D eigenvalue weighted by molar-refractivity contribution is 0.805. The van der Waals surface area contributed by atoms with Crippen molar-refractivity contribution in [2.75, 3.05) is 3.11 Å². The lowest BCUT2D eigenvalue weighted by atomic mass is 10.4. The molecule has 0 aliphatic carbocycles. The normalized spacial score (nSPS) is 10.6. The minimum Gasteiger partial charge on any atom is -0.280 e. The molecule has 0 aliphatic heterocycles. The molecule has 1 aromatic rings. The van der Waals surface area contributed by atoms with Crippen LogP contribution in [0.4, 0.5) is 5.95 Å². The Morgan fingerprint density at radius 3 is 1.92 bits per heavy atom. The van der Waals surface area contributed by atoms with Gasteiger partial charge in [0.15, 0.2) is 0 Å². The third kappa shape index (κ3) is 2.75. The van der Waals surface area contributed by atoms with Crippen LogP contribution in [0.15, 0.2) is 0 Å².